The SMILES string of the molecule is CC(C)(O)CNc1cc(C(=O)NC2(C)CS(=O)C2)cnc1C(=N)c1cccc(OC(F)F)c1. The summed E-state index contributed by atoms with van der Waals surface area (Å²) in [5.74, 6) is 0.240. The fraction of sp³-hybridized carbons (Fsp3) is 0.409. The molecule has 3 rings (SSSR count). The largest absolute Gasteiger partial charge is 0.435 e. The van der Waals surface area contributed by atoms with E-state index in [1.54, 1.807) is 19.9 Å². The van der Waals surface area contributed by atoms with Gasteiger partial charge < -0.3 is 20.5 Å². The zero-order valence-electron chi connectivity index (χ0n) is 18.4. The number of ether oxygens (including phenoxy) is 1. The van der Waals surface area contributed by atoms with Crippen molar-refractivity contribution in [3.05, 3.63) is 53.3 Å². The molecule has 1 aliphatic heterocycles. The van der Waals surface area contributed by atoms with E-state index in [0.717, 1.165) is 0 Å². The van der Waals surface area contributed by atoms with E-state index in [1.807, 2.05) is 6.92 Å². The van der Waals surface area contributed by atoms with Crippen LogP contribution >= 0.6 is 0 Å². The number of carbonyl (C=O) groups is 1. The van der Waals surface area contributed by atoms with Gasteiger partial charge in [0.25, 0.3) is 5.91 Å². The molecule has 0 spiro atoms. The highest BCUT2D eigenvalue weighted by Gasteiger charge is 2.39. The van der Waals surface area contributed by atoms with Crippen LogP contribution in [0.3, 0.4) is 0 Å². The number of hydrogen-bond acceptors (Lipinski definition) is 7. The average molecular weight is 481 g/mol. The van der Waals surface area contributed by atoms with Crippen LogP contribution < -0.4 is 15.4 Å². The summed E-state index contributed by atoms with van der Waals surface area (Å²) in [5.41, 5.74) is -0.739. The molecule has 1 aliphatic rings. The van der Waals surface area contributed by atoms with Crippen molar-refractivity contribution in [2.24, 2.45) is 0 Å². The van der Waals surface area contributed by atoms with E-state index >= 15 is 0 Å². The minimum atomic E-state index is -3.00. The number of alkyl halides is 2. The van der Waals surface area contributed by atoms with Gasteiger partial charge in [0.15, 0.2) is 0 Å². The molecule has 0 unspecified atom stereocenters. The van der Waals surface area contributed by atoms with Crippen molar-refractivity contribution in [1.82, 2.24) is 10.3 Å². The van der Waals surface area contributed by atoms with Crippen LogP contribution in [0.25, 0.3) is 0 Å². The minimum Gasteiger partial charge on any atom is -0.435 e. The summed E-state index contributed by atoms with van der Waals surface area (Å²) in [7, 11) is -0.944. The predicted molar refractivity (Wildman–Crippen MR) is 122 cm³/mol. The summed E-state index contributed by atoms with van der Waals surface area (Å²) in [5, 5.41) is 24.5. The van der Waals surface area contributed by atoms with Crippen LogP contribution in [-0.4, -0.2) is 61.7 Å². The van der Waals surface area contributed by atoms with Gasteiger partial charge in [-0.05, 0) is 39.0 Å². The van der Waals surface area contributed by atoms with Gasteiger partial charge in [-0.3, -0.25) is 19.4 Å². The summed E-state index contributed by atoms with van der Waals surface area (Å²) in [6.07, 6.45) is 1.31. The lowest BCUT2D eigenvalue weighted by Crippen LogP contribution is -2.61. The van der Waals surface area contributed by atoms with Crippen molar-refractivity contribution in [3.8, 4) is 5.75 Å². The Kier molecular flexibility index (Phi) is 7.13. The highest BCUT2D eigenvalue weighted by Crippen LogP contribution is 2.24. The van der Waals surface area contributed by atoms with Crippen LogP contribution in [0.2, 0.25) is 0 Å². The first-order valence-corrected chi connectivity index (χ1v) is 11.6. The summed E-state index contributed by atoms with van der Waals surface area (Å²) >= 11 is 0. The molecule has 2 aromatic rings. The van der Waals surface area contributed by atoms with Crippen molar-refractivity contribution >= 4 is 28.1 Å². The number of nitrogens with zero attached hydrogens (tertiary/aromatic N) is 1. The second-order valence-electron chi connectivity index (χ2n) is 8.81. The zero-order valence-corrected chi connectivity index (χ0v) is 19.3. The minimum absolute atomic E-state index is 0.0822. The Bertz CT molecular complexity index is 1080. The first-order chi connectivity index (χ1) is 15.3. The number of amides is 1. The number of aliphatic hydroxyl groups is 1. The highest BCUT2D eigenvalue weighted by molar-refractivity contribution is 7.86. The number of rotatable bonds is 9. The Morgan fingerprint density at radius 1 is 1.33 bits per heavy atom. The molecule has 0 bridgehead atoms. The maximum atomic E-state index is 12.7. The zero-order chi connectivity index (χ0) is 24.4. The molecule has 2 heterocycles. The van der Waals surface area contributed by atoms with Gasteiger partial charge in [-0.2, -0.15) is 8.78 Å². The third-order valence-electron chi connectivity index (χ3n) is 4.82. The number of anilines is 1. The smallest absolute Gasteiger partial charge is 0.387 e. The third-order valence-corrected chi connectivity index (χ3v) is 6.74. The fourth-order valence-electron chi connectivity index (χ4n) is 3.29. The van der Waals surface area contributed by atoms with Gasteiger partial charge >= 0.3 is 6.61 Å². The maximum Gasteiger partial charge on any atom is 0.387 e. The van der Waals surface area contributed by atoms with E-state index in [9.17, 15) is 22.9 Å². The van der Waals surface area contributed by atoms with Crippen molar-refractivity contribution in [3.63, 3.8) is 0 Å². The Morgan fingerprint density at radius 3 is 2.64 bits per heavy atom. The molecule has 0 atom stereocenters. The van der Waals surface area contributed by atoms with Crippen LogP contribution in [0.1, 0.15) is 42.4 Å². The number of nitrogens with one attached hydrogen (secondary N) is 3. The molecule has 0 aliphatic carbocycles. The van der Waals surface area contributed by atoms with Crippen molar-refractivity contribution in [2.75, 3.05) is 23.4 Å². The Labute approximate surface area is 192 Å². The number of hydrogen-bond donors (Lipinski definition) is 4. The maximum absolute atomic E-state index is 12.7. The molecule has 1 fully saturated rings. The quantitative estimate of drug-likeness (QED) is 0.409. The van der Waals surface area contributed by atoms with E-state index in [-0.39, 0.29) is 34.8 Å². The van der Waals surface area contributed by atoms with E-state index in [4.69, 9.17) is 5.41 Å². The van der Waals surface area contributed by atoms with E-state index < -0.39 is 34.5 Å². The molecule has 1 saturated heterocycles. The molecule has 1 aromatic carbocycles. The fourth-order valence-corrected chi connectivity index (χ4v) is 4.77. The summed E-state index contributed by atoms with van der Waals surface area (Å²) in [4.78, 5) is 17.0. The molecule has 33 heavy (non-hydrogen) atoms. The normalized spacial score (nSPS) is 20.2. The van der Waals surface area contributed by atoms with Gasteiger partial charge in [-0.15, -0.1) is 0 Å². The van der Waals surface area contributed by atoms with Gasteiger partial charge in [-0.25, -0.2) is 0 Å². The number of pyridine rings is 1. The molecule has 0 radical (unpaired) electrons. The average Bonchev–Trinajstić information content (AvgIpc) is 2.69. The molecular weight excluding hydrogens is 454 g/mol. The van der Waals surface area contributed by atoms with Crippen molar-refractivity contribution in [2.45, 2.75) is 38.5 Å². The van der Waals surface area contributed by atoms with Crippen molar-refractivity contribution < 1.29 is 27.6 Å². The number of aromatic nitrogens is 1. The number of benzene rings is 1. The predicted octanol–water partition coefficient (Wildman–Crippen LogP) is 2.53. The summed E-state index contributed by atoms with van der Waals surface area (Å²) < 4.78 is 41.0. The Hall–Kier alpha value is -2.92. The van der Waals surface area contributed by atoms with Gasteiger partial charge in [0.05, 0.1) is 28.1 Å². The second-order valence-corrected chi connectivity index (χ2v) is 10.3. The molecule has 0 saturated carbocycles. The molecular formula is C22H26F2N4O4S. The van der Waals surface area contributed by atoms with Crippen LogP contribution in [-0.2, 0) is 10.8 Å². The Morgan fingerprint density at radius 2 is 2.03 bits per heavy atom. The lowest BCUT2D eigenvalue weighted by Gasteiger charge is -2.38. The molecule has 1 amide bonds. The lowest BCUT2D eigenvalue weighted by atomic mass is 10.0. The highest BCUT2D eigenvalue weighted by atomic mass is 32.2. The molecule has 178 valence electrons. The number of halogens is 2. The van der Waals surface area contributed by atoms with Gasteiger partial charge in [0, 0.05) is 40.6 Å². The lowest BCUT2D eigenvalue weighted by molar-refractivity contribution is -0.0498. The molecule has 11 heteroatoms. The van der Waals surface area contributed by atoms with Crippen molar-refractivity contribution in [1.29, 1.82) is 5.41 Å². The Balaban J connectivity index is 1.90. The third kappa shape index (κ3) is 6.55. The number of carbonyl (C=O) groups excluding carboxylic acids is 1. The van der Waals surface area contributed by atoms with E-state index in [2.05, 4.69) is 20.4 Å². The van der Waals surface area contributed by atoms with Crippen LogP contribution in [0, 0.1) is 5.41 Å². The standard InChI is InChI=1S/C22H26F2N4O4S/c1-21(2,30)10-27-16-8-14(19(29)28-22(3)11-33(31)12-22)9-26-18(16)17(25)13-5-4-6-15(7-13)32-20(23)24/h4-9,20,25,27,30H,10-12H2,1-3H3,(H,28,29). The van der Waals surface area contributed by atoms with E-state index in [0.29, 0.717) is 17.2 Å². The first kappa shape index (κ1) is 24.7. The van der Waals surface area contributed by atoms with Gasteiger partial charge in [-0.1, -0.05) is 12.1 Å². The van der Waals surface area contributed by atoms with Gasteiger partial charge in [0.1, 0.15) is 11.4 Å². The summed E-state index contributed by atoms with van der Waals surface area (Å²) in [6.45, 7) is 2.11. The van der Waals surface area contributed by atoms with Gasteiger partial charge in [0.2, 0.25) is 0 Å². The summed E-state index contributed by atoms with van der Waals surface area (Å²) in [6, 6.07) is 7.20. The topological polar surface area (TPSA) is 124 Å². The van der Waals surface area contributed by atoms with Crippen LogP contribution in [0.5, 0.6) is 5.75 Å². The first-order valence-electron chi connectivity index (χ1n) is 10.1. The van der Waals surface area contributed by atoms with Crippen LogP contribution in [0.4, 0.5) is 14.5 Å². The molecule has 4 N–H and O–H groups in total. The molecule has 8 nitrogen and oxygen atoms in total. The van der Waals surface area contributed by atoms with Crippen LogP contribution in [0.15, 0.2) is 36.5 Å². The second kappa shape index (κ2) is 9.52. The van der Waals surface area contributed by atoms with E-state index in [1.165, 1.54) is 30.5 Å². The molecule has 1 aromatic heterocycles. The monoisotopic (exact) mass is 480 g/mol.